The number of nitrogens with one attached hydrogen (secondary N) is 1. The third-order valence-corrected chi connectivity index (χ3v) is 4.63. The topological polar surface area (TPSA) is 21.3 Å². The second-order valence-electron chi connectivity index (χ2n) is 5.93. The molecule has 1 N–H and O–H groups in total. The molecule has 1 fully saturated rings. The summed E-state index contributed by atoms with van der Waals surface area (Å²) in [6.45, 7) is 2.38. The van der Waals surface area contributed by atoms with Crippen molar-refractivity contribution in [3.8, 4) is 5.75 Å². The molecule has 1 atom stereocenters. The van der Waals surface area contributed by atoms with Crippen LogP contribution in [-0.4, -0.2) is 20.2 Å². The average molecular weight is 261 g/mol. The predicted molar refractivity (Wildman–Crippen MR) is 80.7 cm³/mol. The van der Waals surface area contributed by atoms with E-state index in [-0.39, 0.29) is 0 Å². The highest BCUT2D eigenvalue weighted by Gasteiger charge is 2.25. The van der Waals surface area contributed by atoms with Gasteiger partial charge in [-0.25, -0.2) is 0 Å². The Hall–Kier alpha value is -1.02. The van der Waals surface area contributed by atoms with E-state index in [0.717, 1.165) is 24.0 Å². The molecule has 1 saturated carbocycles. The van der Waals surface area contributed by atoms with Crippen LogP contribution in [0.1, 0.15) is 38.2 Å². The molecule has 0 spiro atoms. The number of benzene rings is 1. The SMILES string of the molecule is CNC(Cc1ccccc1OC)C1CCC(C)CC1. The fourth-order valence-corrected chi connectivity index (χ4v) is 3.30. The highest BCUT2D eigenvalue weighted by Crippen LogP contribution is 2.32. The number of ether oxygens (including phenoxy) is 1. The number of hydrogen-bond acceptors (Lipinski definition) is 2. The Morgan fingerprint density at radius 1 is 1.21 bits per heavy atom. The molecule has 0 amide bonds. The number of para-hydroxylation sites is 1. The quantitative estimate of drug-likeness (QED) is 0.873. The first-order valence-corrected chi connectivity index (χ1v) is 7.53. The van der Waals surface area contributed by atoms with E-state index < -0.39 is 0 Å². The number of rotatable bonds is 5. The maximum Gasteiger partial charge on any atom is 0.122 e. The normalized spacial score (nSPS) is 25.0. The van der Waals surface area contributed by atoms with Crippen LogP contribution >= 0.6 is 0 Å². The molecule has 1 aliphatic carbocycles. The van der Waals surface area contributed by atoms with Gasteiger partial charge >= 0.3 is 0 Å². The smallest absolute Gasteiger partial charge is 0.122 e. The average Bonchev–Trinajstić information content (AvgIpc) is 2.46. The summed E-state index contributed by atoms with van der Waals surface area (Å²) >= 11 is 0. The van der Waals surface area contributed by atoms with Gasteiger partial charge in [0.05, 0.1) is 7.11 Å². The van der Waals surface area contributed by atoms with Crippen LogP contribution in [0.25, 0.3) is 0 Å². The lowest BCUT2D eigenvalue weighted by Gasteiger charge is -2.33. The molecule has 2 heteroatoms. The van der Waals surface area contributed by atoms with Crippen molar-refractivity contribution < 1.29 is 4.74 Å². The van der Waals surface area contributed by atoms with E-state index in [9.17, 15) is 0 Å². The van der Waals surface area contributed by atoms with Gasteiger partial charge in [-0.3, -0.25) is 0 Å². The van der Waals surface area contributed by atoms with Crippen molar-refractivity contribution in [3.05, 3.63) is 29.8 Å². The van der Waals surface area contributed by atoms with Crippen LogP contribution < -0.4 is 10.1 Å². The van der Waals surface area contributed by atoms with E-state index in [0.29, 0.717) is 6.04 Å². The Morgan fingerprint density at radius 2 is 1.89 bits per heavy atom. The first-order valence-electron chi connectivity index (χ1n) is 7.53. The molecule has 1 aromatic rings. The molecule has 2 nitrogen and oxygen atoms in total. The van der Waals surface area contributed by atoms with Gasteiger partial charge in [-0.1, -0.05) is 38.0 Å². The standard InChI is InChI=1S/C17H27NO/c1-13-8-10-14(11-9-13)16(18-2)12-15-6-4-5-7-17(15)19-3/h4-7,13-14,16,18H,8-12H2,1-3H3. The molecular formula is C17H27NO. The van der Waals surface area contributed by atoms with Gasteiger partial charge in [0, 0.05) is 6.04 Å². The minimum absolute atomic E-state index is 0.573. The molecule has 0 bridgehead atoms. The predicted octanol–water partition coefficient (Wildman–Crippen LogP) is 3.65. The van der Waals surface area contributed by atoms with Gasteiger partial charge < -0.3 is 10.1 Å². The van der Waals surface area contributed by atoms with E-state index in [2.05, 4.69) is 37.5 Å². The van der Waals surface area contributed by atoms with Gasteiger partial charge in [0.25, 0.3) is 0 Å². The van der Waals surface area contributed by atoms with Crippen LogP contribution in [0.5, 0.6) is 5.75 Å². The second-order valence-corrected chi connectivity index (χ2v) is 5.93. The fourth-order valence-electron chi connectivity index (χ4n) is 3.30. The zero-order chi connectivity index (χ0) is 13.7. The Labute approximate surface area is 117 Å². The van der Waals surface area contributed by atoms with Crippen molar-refractivity contribution in [2.75, 3.05) is 14.2 Å². The van der Waals surface area contributed by atoms with Crippen molar-refractivity contribution in [3.63, 3.8) is 0 Å². The Kier molecular flexibility index (Phi) is 5.26. The van der Waals surface area contributed by atoms with Crippen molar-refractivity contribution >= 4 is 0 Å². The maximum atomic E-state index is 5.47. The van der Waals surface area contributed by atoms with E-state index in [4.69, 9.17) is 4.74 Å². The molecule has 1 aromatic carbocycles. The van der Waals surface area contributed by atoms with Crippen LogP contribution in [0.3, 0.4) is 0 Å². The molecule has 0 radical (unpaired) electrons. The Bertz CT molecular complexity index is 383. The zero-order valence-corrected chi connectivity index (χ0v) is 12.5. The highest BCUT2D eigenvalue weighted by atomic mass is 16.5. The van der Waals surface area contributed by atoms with Gasteiger partial charge in [0.2, 0.25) is 0 Å². The molecule has 0 aromatic heterocycles. The fraction of sp³-hybridized carbons (Fsp3) is 0.647. The van der Waals surface area contributed by atoms with Gasteiger partial charge in [-0.2, -0.15) is 0 Å². The van der Waals surface area contributed by atoms with Crippen molar-refractivity contribution in [1.82, 2.24) is 5.32 Å². The maximum absolute atomic E-state index is 5.47. The lowest BCUT2D eigenvalue weighted by molar-refractivity contribution is 0.234. The van der Waals surface area contributed by atoms with Crippen molar-refractivity contribution in [2.45, 2.75) is 45.1 Å². The lowest BCUT2D eigenvalue weighted by Crippen LogP contribution is -2.37. The summed E-state index contributed by atoms with van der Waals surface area (Å²) in [4.78, 5) is 0. The monoisotopic (exact) mass is 261 g/mol. The zero-order valence-electron chi connectivity index (χ0n) is 12.5. The lowest BCUT2D eigenvalue weighted by atomic mass is 9.77. The Balaban J connectivity index is 2.02. The van der Waals surface area contributed by atoms with Gasteiger partial charge in [-0.15, -0.1) is 0 Å². The van der Waals surface area contributed by atoms with E-state index in [1.165, 1.54) is 31.2 Å². The molecule has 1 unspecified atom stereocenters. The molecule has 1 aliphatic rings. The summed E-state index contributed by atoms with van der Waals surface area (Å²) in [6.07, 6.45) is 6.56. The van der Waals surface area contributed by atoms with E-state index in [1.54, 1.807) is 7.11 Å². The number of methoxy groups -OCH3 is 1. The first-order chi connectivity index (χ1) is 9.24. The van der Waals surface area contributed by atoms with E-state index >= 15 is 0 Å². The second kappa shape index (κ2) is 6.95. The van der Waals surface area contributed by atoms with Gasteiger partial charge in [0.15, 0.2) is 0 Å². The molecule has 0 aliphatic heterocycles. The molecule has 106 valence electrons. The molecule has 19 heavy (non-hydrogen) atoms. The summed E-state index contributed by atoms with van der Waals surface area (Å²) in [7, 11) is 3.85. The van der Waals surface area contributed by atoms with E-state index in [1.807, 2.05) is 6.07 Å². The van der Waals surface area contributed by atoms with Crippen LogP contribution in [0.2, 0.25) is 0 Å². The van der Waals surface area contributed by atoms with Gasteiger partial charge in [0.1, 0.15) is 5.75 Å². The van der Waals surface area contributed by atoms with Crippen molar-refractivity contribution in [2.24, 2.45) is 11.8 Å². The molecular weight excluding hydrogens is 234 g/mol. The summed E-state index contributed by atoms with van der Waals surface area (Å²) in [6, 6.07) is 8.97. The summed E-state index contributed by atoms with van der Waals surface area (Å²) in [5.74, 6) is 2.75. The highest BCUT2D eigenvalue weighted by molar-refractivity contribution is 5.33. The summed E-state index contributed by atoms with van der Waals surface area (Å²) in [5, 5.41) is 3.53. The largest absolute Gasteiger partial charge is 0.496 e. The summed E-state index contributed by atoms with van der Waals surface area (Å²) in [5.41, 5.74) is 1.32. The number of likely N-dealkylation sites (N-methyl/N-ethyl adjacent to an activating group) is 1. The Morgan fingerprint density at radius 3 is 2.53 bits per heavy atom. The third-order valence-electron chi connectivity index (χ3n) is 4.63. The van der Waals surface area contributed by atoms with Crippen LogP contribution in [0, 0.1) is 11.8 Å². The third kappa shape index (κ3) is 3.73. The van der Waals surface area contributed by atoms with Crippen LogP contribution in [-0.2, 0) is 6.42 Å². The molecule has 0 saturated heterocycles. The minimum atomic E-state index is 0.573. The summed E-state index contributed by atoms with van der Waals surface area (Å²) < 4.78 is 5.47. The number of hydrogen-bond donors (Lipinski definition) is 1. The van der Waals surface area contributed by atoms with Crippen molar-refractivity contribution in [1.29, 1.82) is 0 Å². The van der Waals surface area contributed by atoms with Gasteiger partial charge in [-0.05, 0) is 49.8 Å². The van der Waals surface area contributed by atoms with Crippen LogP contribution in [0.15, 0.2) is 24.3 Å². The molecule has 0 heterocycles. The first kappa shape index (κ1) is 14.4. The molecule has 2 rings (SSSR count). The van der Waals surface area contributed by atoms with Crippen LogP contribution in [0.4, 0.5) is 0 Å². The minimum Gasteiger partial charge on any atom is -0.496 e.